The van der Waals surface area contributed by atoms with Gasteiger partial charge >= 0.3 is 0 Å². The third-order valence-electron chi connectivity index (χ3n) is 5.96. The summed E-state index contributed by atoms with van der Waals surface area (Å²) in [6.07, 6.45) is 5.60. The lowest BCUT2D eigenvalue weighted by Crippen LogP contribution is -2.39. The lowest BCUT2D eigenvalue weighted by Gasteiger charge is -2.33. The van der Waals surface area contributed by atoms with Crippen LogP contribution in [0.25, 0.3) is 22.4 Å². The SMILES string of the molecule is CCc1noc(-c2cnc(C)nc2N2CCC(C(=O)Nc3cccc4cccnc34)CC2)n1. The first-order valence-electron chi connectivity index (χ1n) is 11.2. The summed E-state index contributed by atoms with van der Waals surface area (Å²) in [4.78, 5) is 33.0. The van der Waals surface area contributed by atoms with E-state index in [9.17, 15) is 4.79 Å². The first kappa shape index (κ1) is 21.0. The van der Waals surface area contributed by atoms with Gasteiger partial charge in [-0.3, -0.25) is 9.78 Å². The highest BCUT2D eigenvalue weighted by Gasteiger charge is 2.28. The Morgan fingerprint density at radius 2 is 1.97 bits per heavy atom. The predicted octanol–water partition coefficient (Wildman–Crippen LogP) is 3.80. The van der Waals surface area contributed by atoms with Gasteiger partial charge in [0.05, 0.1) is 11.2 Å². The molecule has 1 amide bonds. The van der Waals surface area contributed by atoms with Crippen LogP contribution in [0.2, 0.25) is 0 Å². The molecule has 4 aromatic rings. The molecule has 0 saturated carbocycles. The molecule has 0 unspecified atom stereocenters. The largest absolute Gasteiger partial charge is 0.356 e. The van der Waals surface area contributed by atoms with E-state index in [4.69, 9.17) is 4.52 Å². The molecule has 1 aliphatic heterocycles. The van der Waals surface area contributed by atoms with E-state index >= 15 is 0 Å². The number of amides is 1. The van der Waals surface area contributed by atoms with Crippen molar-refractivity contribution >= 4 is 28.3 Å². The number of aromatic nitrogens is 5. The van der Waals surface area contributed by atoms with Gasteiger partial charge in [-0.25, -0.2) is 9.97 Å². The Labute approximate surface area is 191 Å². The molecule has 1 saturated heterocycles. The molecule has 0 radical (unpaired) electrons. The van der Waals surface area contributed by atoms with E-state index in [0.717, 1.165) is 40.8 Å². The second-order valence-electron chi connectivity index (χ2n) is 8.16. The maximum absolute atomic E-state index is 13.0. The molecule has 0 atom stereocenters. The van der Waals surface area contributed by atoms with Gasteiger partial charge in [-0.15, -0.1) is 0 Å². The summed E-state index contributed by atoms with van der Waals surface area (Å²) >= 11 is 0. The van der Waals surface area contributed by atoms with Crippen molar-refractivity contribution in [3.05, 3.63) is 54.4 Å². The van der Waals surface area contributed by atoms with E-state index in [1.165, 1.54) is 0 Å². The van der Waals surface area contributed by atoms with E-state index in [2.05, 4.69) is 35.3 Å². The molecular weight excluding hydrogens is 418 g/mol. The molecule has 0 aliphatic carbocycles. The number of anilines is 2. The number of carbonyl (C=O) groups is 1. The van der Waals surface area contributed by atoms with Crippen LogP contribution in [0.5, 0.6) is 0 Å². The van der Waals surface area contributed by atoms with Gasteiger partial charge in [-0.2, -0.15) is 4.98 Å². The third-order valence-corrected chi connectivity index (χ3v) is 5.96. The number of rotatable bonds is 5. The minimum absolute atomic E-state index is 0.0244. The molecule has 3 aromatic heterocycles. The highest BCUT2D eigenvalue weighted by atomic mass is 16.5. The number of pyridine rings is 1. The zero-order valence-electron chi connectivity index (χ0n) is 18.7. The van der Waals surface area contributed by atoms with Gasteiger partial charge in [0.1, 0.15) is 17.2 Å². The number of hydrogen-bond donors (Lipinski definition) is 1. The van der Waals surface area contributed by atoms with Crippen LogP contribution < -0.4 is 10.2 Å². The first-order valence-corrected chi connectivity index (χ1v) is 11.2. The lowest BCUT2D eigenvalue weighted by atomic mass is 9.95. The van der Waals surface area contributed by atoms with Crippen LogP contribution in [0.4, 0.5) is 11.5 Å². The van der Waals surface area contributed by atoms with Crippen LogP contribution in [0.15, 0.2) is 47.2 Å². The lowest BCUT2D eigenvalue weighted by molar-refractivity contribution is -0.120. The number of carbonyl (C=O) groups excluding carboxylic acids is 1. The van der Waals surface area contributed by atoms with Crippen LogP contribution in [0, 0.1) is 12.8 Å². The number of fused-ring (bicyclic) bond motifs is 1. The number of para-hydroxylation sites is 1. The zero-order chi connectivity index (χ0) is 22.8. The Morgan fingerprint density at radius 1 is 1.15 bits per heavy atom. The monoisotopic (exact) mass is 443 g/mol. The van der Waals surface area contributed by atoms with E-state index in [0.29, 0.717) is 37.0 Å². The molecular formula is C24H25N7O2. The molecule has 1 aliphatic rings. The summed E-state index contributed by atoms with van der Waals surface area (Å²) in [6.45, 7) is 5.23. The topological polar surface area (TPSA) is 110 Å². The van der Waals surface area contributed by atoms with Gasteiger partial charge in [0, 0.05) is 43.2 Å². The number of nitrogens with zero attached hydrogens (tertiary/aromatic N) is 6. The van der Waals surface area contributed by atoms with Crippen LogP contribution in [-0.2, 0) is 11.2 Å². The van der Waals surface area contributed by atoms with Crippen molar-refractivity contribution in [2.45, 2.75) is 33.1 Å². The van der Waals surface area contributed by atoms with Crippen LogP contribution in [0.1, 0.15) is 31.4 Å². The Balaban J connectivity index is 1.30. The van der Waals surface area contributed by atoms with Crippen LogP contribution in [0.3, 0.4) is 0 Å². The van der Waals surface area contributed by atoms with Gasteiger partial charge in [0.2, 0.25) is 5.91 Å². The number of nitrogens with one attached hydrogen (secondary N) is 1. The predicted molar refractivity (Wildman–Crippen MR) is 125 cm³/mol. The van der Waals surface area contributed by atoms with Crippen molar-refractivity contribution in [3.8, 4) is 11.5 Å². The Bertz CT molecular complexity index is 1290. The Hall–Kier alpha value is -3.88. The van der Waals surface area contributed by atoms with Crippen molar-refractivity contribution < 1.29 is 9.32 Å². The summed E-state index contributed by atoms with van der Waals surface area (Å²) in [6, 6.07) is 9.70. The molecule has 0 spiro atoms. The quantitative estimate of drug-likeness (QED) is 0.496. The smallest absolute Gasteiger partial charge is 0.263 e. The molecule has 1 aromatic carbocycles. The number of benzene rings is 1. The normalized spacial score (nSPS) is 14.5. The summed E-state index contributed by atoms with van der Waals surface area (Å²) in [5.41, 5.74) is 2.27. The molecule has 9 nitrogen and oxygen atoms in total. The summed E-state index contributed by atoms with van der Waals surface area (Å²) in [5, 5.41) is 8.09. The van der Waals surface area contributed by atoms with Gasteiger partial charge in [0.15, 0.2) is 5.82 Å². The highest BCUT2D eigenvalue weighted by Crippen LogP contribution is 2.31. The average molecular weight is 444 g/mol. The fraction of sp³-hybridized carbons (Fsp3) is 0.333. The summed E-state index contributed by atoms with van der Waals surface area (Å²) in [7, 11) is 0. The van der Waals surface area contributed by atoms with Crippen LogP contribution in [-0.4, -0.2) is 44.1 Å². The van der Waals surface area contributed by atoms with Crippen LogP contribution >= 0.6 is 0 Å². The zero-order valence-corrected chi connectivity index (χ0v) is 18.7. The number of aryl methyl sites for hydroxylation is 2. The summed E-state index contributed by atoms with van der Waals surface area (Å²) in [5.74, 6) is 2.45. The molecule has 4 heterocycles. The average Bonchev–Trinajstić information content (AvgIpc) is 3.33. The standard InChI is InChI=1S/C24H25N7O2/c1-3-20-29-24(33-30-20)18-14-26-15(2)27-22(18)31-12-9-17(10-13-31)23(32)28-19-8-4-6-16-7-5-11-25-21(16)19/h4-8,11,14,17H,3,9-10,12-13H2,1-2H3,(H,28,32). The van der Waals surface area contributed by atoms with E-state index in [1.807, 2.05) is 44.2 Å². The molecule has 1 fully saturated rings. The second kappa shape index (κ2) is 8.93. The van der Waals surface area contributed by atoms with Crippen molar-refractivity contribution in [1.29, 1.82) is 0 Å². The number of piperidine rings is 1. The molecule has 0 bridgehead atoms. The maximum Gasteiger partial charge on any atom is 0.263 e. The highest BCUT2D eigenvalue weighted by molar-refractivity contribution is 6.01. The van der Waals surface area contributed by atoms with Gasteiger partial charge in [-0.1, -0.05) is 30.3 Å². The molecule has 33 heavy (non-hydrogen) atoms. The van der Waals surface area contributed by atoms with E-state index in [1.54, 1.807) is 12.4 Å². The van der Waals surface area contributed by atoms with Gasteiger partial charge < -0.3 is 14.7 Å². The maximum atomic E-state index is 13.0. The minimum Gasteiger partial charge on any atom is -0.356 e. The molecule has 168 valence electrons. The van der Waals surface area contributed by atoms with Gasteiger partial charge in [0.25, 0.3) is 5.89 Å². The minimum atomic E-state index is -0.0818. The summed E-state index contributed by atoms with van der Waals surface area (Å²) < 4.78 is 5.44. The Morgan fingerprint density at radius 3 is 2.76 bits per heavy atom. The first-order chi connectivity index (χ1) is 16.1. The molecule has 9 heteroatoms. The van der Waals surface area contributed by atoms with E-state index in [-0.39, 0.29) is 11.8 Å². The van der Waals surface area contributed by atoms with Crippen molar-refractivity contribution in [2.75, 3.05) is 23.3 Å². The molecule has 5 rings (SSSR count). The van der Waals surface area contributed by atoms with Crippen molar-refractivity contribution in [3.63, 3.8) is 0 Å². The second-order valence-corrected chi connectivity index (χ2v) is 8.16. The number of hydrogen-bond acceptors (Lipinski definition) is 8. The third kappa shape index (κ3) is 4.26. The van der Waals surface area contributed by atoms with Crippen molar-refractivity contribution in [1.82, 2.24) is 25.1 Å². The molecule has 1 N–H and O–H groups in total. The van der Waals surface area contributed by atoms with Gasteiger partial charge in [-0.05, 0) is 31.9 Å². The Kier molecular flexibility index (Phi) is 5.68. The van der Waals surface area contributed by atoms with E-state index < -0.39 is 0 Å². The fourth-order valence-corrected chi connectivity index (χ4v) is 4.15. The fourth-order valence-electron chi connectivity index (χ4n) is 4.15. The van der Waals surface area contributed by atoms with Crippen molar-refractivity contribution in [2.24, 2.45) is 5.92 Å².